The number of aromatic nitrogens is 5. The molecule has 3 heterocycles. The first-order valence-electron chi connectivity index (χ1n) is 10.8. The van der Waals surface area contributed by atoms with Crippen molar-refractivity contribution >= 4 is 22.9 Å². The van der Waals surface area contributed by atoms with Gasteiger partial charge in [0.25, 0.3) is 5.56 Å². The lowest BCUT2D eigenvalue weighted by molar-refractivity contribution is -0.145. The summed E-state index contributed by atoms with van der Waals surface area (Å²) in [6, 6.07) is 19.1. The van der Waals surface area contributed by atoms with Crippen LogP contribution in [0.15, 0.2) is 76.4 Å². The van der Waals surface area contributed by atoms with Crippen molar-refractivity contribution in [2.45, 2.75) is 26.6 Å². The van der Waals surface area contributed by atoms with Crippen LogP contribution in [-0.2, 0) is 36.3 Å². The molecule has 0 fully saturated rings. The van der Waals surface area contributed by atoms with Crippen molar-refractivity contribution in [2.75, 3.05) is 0 Å². The number of esters is 1. The number of carbonyl (C=O) groups excluding carboxylic acids is 1. The standard InChI is InChI=1S/C25H23N5O4/c1-17-13-29-21-22(26-24(29)28(17)14-18-9-5-3-6-10-18)27(2)25(33)30(23(21)32)15-20(31)34-16-19-11-7-4-8-12-19/h3-13H,14-16H2,1-2H3. The van der Waals surface area contributed by atoms with Gasteiger partial charge in [0, 0.05) is 18.9 Å². The molecule has 0 aliphatic rings. The van der Waals surface area contributed by atoms with Crippen LogP contribution in [0.25, 0.3) is 16.9 Å². The Kier molecular flexibility index (Phi) is 5.37. The van der Waals surface area contributed by atoms with Crippen molar-refractivity contribution in [2.24, 2.45) is 7.05 Å². The van der Waals surface area contributed by atoms with E-state index in [2.05, 4.69) is 4.98 Å². The molecule has 2 aromatic carbocycles. The van der Waals surface area contributed by atoms with Crippen molar-refractivity contribution in [1.29, 1.82) is 0 Å². The number of ether oxygens (including phenoxy) is 1. The third-order valence-corrected chi connectivity index (χ3v) is 5.85. The van der Waals surface area contributed by atoms with Crippen LogP contribution >= 0.6 is 0 Å². The Morgan fingerprint density at radius 2 is 1.59 bits per heavy atom. The molecule has 3 aromatic heterocycles. The quantitative estimate of drug-likeness (QED) is 0.365. The zero-order valence-corrected chi connectivity index (χ0v) is 18.8. The van der Waals surface area contributed by atoms with E-state index in [0.29, 0.717) is 12.3 Å². The molecule has 5 aromatic rings. The highest BCUT2D eigenvalue weighted by Gasteiger charge is 2.21. The number of nitrogens with zero attached hydrogens (tertiary/aromatic N) is 5. The lowest BCUT2D eigenvalue weighted by Gasteiger charge is -2.08. The van der Waals surface area contributed by atoms with Crippen molar-refractivity contribution in [1.82, 2.24) is 23.1 Å². The van der Waals surface area contributed by atoms with Gasteiger partial charge in [0.05, 0.1) is 6.54 Å². The van der Waals surface area contributed by atoms with Crippen LogP contribution in [0.4, 0.5) is 0 Å². The summed E-state index contributed by atoms with van der Waals surface area (Å²) in [5, 5.41) is 0. The van der Waals surface area contributed by atoms with Crippen LogP contribution in [0.2, 0.25) is 0 Å². The van der Waals surface area contributed by atoms with E-state index in [1.54, 1.807) is 4.40 Å². The Morgan fingerprint density at radius 3 is 2.26 bits per heavy atom. The van der Waals surface area contributed by atoms with Gasteiger partial charge < -0.3 is 9.30 Å². The van der Waals surface area contributed by atoms with Crippen LogP contribution < -0.4 is 11.2 Å². The first-order chi connectivity index (χ1) is 16.4. The highest BCUT2D eigenvalue weighted by molar-refractivity contribution is 5.76. The molecule has 0 aliphatic heterocycles. The van der Waals surface area contributed by atoms with Crippen LogP contribution in [0.3, 0.4) is 0 Å². The van der Waals surface area contributed by atoms with Crippen LogP contribution in [0.1, 0.15) is 16.8 Å². The number of imidazole rings is 2. The first kappa shape index (κ1) is 21.4. The van der Waals surface area contributed by atoms with Crippen molar-refractivity contribution in [3.8, 4) is 0 Å². The summed E-state index contributed by atoms with van der Waals surface area (Å²) >= 11 is 0. The molecule has 0 spiro atoms. The van der Waals surface area contributed by atoms with Gasteiger partial charge in [-0.1, -0.05) is 60.7 Å². The summed E-state index contributed by atoms with van der Waals surface area (Å²) in [5.41, 5.74) is 2.11. The Bertz CT molecular complexity index is 1630. The summed E-state index contributed by atoms with van der Waals surface area (Å²) < 4.78 is 11.1. The molecule has 5 rings (SSSR count). The van der Waals surface area contributed by atoms with E-state index in [9.17, 15) is 14.4 Å². The summed E-state index contributed by atoms with van der Waals surface area (Å²) in [6.07, 6.45) is 1.82. The number of carbonyl (C=O) groups is 1. The lowest BCUT2D eigenvalue weighted by atomic mass is 10.2. The molecule has 34 heavy (non-hydrogen) atoms. The van der Waals surface area contributed by atoms with Gasteiger partial charge in [0.1, 0.15) is 13.2 Å². The van der Waals surface area contributed by atoms with Gasteiger partial charge >= 0.3 is 11.7 Å². The number of hydrogen-bond donors (Lipinski definition) is 0. The van der Waals surface area contributed by atoms with Gasteiger partial charge in [-0.3, -0.25) is 18.6 Å². The van der Waals surface area contributed by atoms with Gasteiger partial charge in [-0.2, -0.15) is 4.98 Å². The van der Waals surface area contributed by atoms with E-state index in [4.69, 9.17) is 4.74 Å². The molecule has 0 N–H and O–H groups in total. The minimum Gasteiger partial charge on any atom is -0.459 e. The van der Waals surface area contributed by atoms with Crippen molar-refractivity contribution in [3.63, 3.8) is 0 Å². The molecular weight excluding hydrogens is 434 g/mol. The van der Waals surface area contributed by atoms with Gasteiger partial charge in [0.15, 0.2) is 11.2 Å². The summed E-state index contributed by atoms with van der Waals surface area (Å²) in [4.78, 5) is 43.3. The van der Waals surface area contributed by atoms with E-state index in [-0.39, 0.29) is 17.8 Å². The van der Waals surface area contributed by atoms with E-state index in [1.807, 2.05) is 78.4 Å². The van der Waals surface area contributed by atoms with Crippen molar-refractivity contribution < 1.29 is 9.53 Å². The zero-order valence-electron chi connectivity index (χ0n) is 18.8. The molecule has 0 aliphatic carbocycles. The van der Waals surface area contributed by atoms with E-state index in [0.717, 1.165) is 21.4 Å². The number of aryl methyl sites for hydroxylation is 2. The second kappa shape index (κ2) is 8.51. The molecule has 0 amide bonds. The third kappa shape index (κ3) is 3.71. The van der Waals surface area contributed by atoms with Gasteiger partial charge in [0.2, 0.25) is 5.78 Å². The Labute approximate surface area is 194 Å². The van der Waals surface area contributed by atoms with Gasteiger partial charge in [-0.25, -0.2) is 9.36 Å². The molecule has 172 valence electrons. The number of benzene rings is 2. The maximum atomic E-state index is 13.3. The first-order valence-corrected chi connectivity index (χ1v) is 10.8. The average Bonchev–Trinajstić information content (AvgIpc) is 3.36. The molecule has 0 saturated heterocycles. The normalized spacial score (nSPS) is 11.4. The predicted octanol–water partition coefficient (Wildman–Crippen LogP) is 2.25. The molecule has 0 saturated carbocycles. The fourth-order valence-corrected chi connectivity index (χ4v) is 4.07. The zero-order chi connectivity index (χ0) is 23.8. The largest absolute Gasteiger partial charge is 0.459 e. The maximum Gasteiger partial charge on any atom is 0.333 e. The molecule has 9 nitrogen and oxygen atoms in total. The Balaban J connectivity index is 1.53. The van der Waals surface area contributed by atoms with Crippen molar-refractivity contribution in [3.05, 3.63) is 105 Å². The van der Waals surface area contributed by atoms with E-state index < -0.39 is 23.8 Å². The minimum absolute atomic E-state index is 0.0649. The summed E-state index contributed by atoms with van der Waals surface area (Å²) in [7, 11) is 1.54. The fraction of sp³-hybridized carbons (Fsp3) is 0.200. The van der Waals surface area contributed by atoms with Gasteiger partial charge in [-0.15, -0.1) is 0 Å². The number of rotatable bonds is 6. The van der Waals surface area contributed by atoms with Crippen LogP contribution in [-0.4, -0.2) is 29.1 Å². The van der Waals surface area contributed by atoms with Crippen LogP contribution in [0.5, 0.6) is 0 Å². The second-order valence-corrected chi connectivity index (χ2v) is 8.18. The topological polar surface area (TPSA) is 92.5 Å². The molecule has 0 atom stereocenters. The predicted molar refractivity (Wildman–Crippen MR) is 127 cm³/mol. The van der Waals surface area contributed by atoms with Crippen LogP contribution in [0, 0.1) is 6.92 Å². The molecular formula is C25H23N5O4. The highest BCUT2D eigenvalue weighted by atomic mass is 16.5. The Morgan fingerprint density at radius 1 is 0.941 bits per heavy atom. The minimum atomic E-state index is -0.666. The molecule has 9 heteroatoms. The SMILES string of the molecule is Cc1cn2c3c(=O)n(CC(=O)OCc4ccccc4)c(=O)n(C)c3nc2n1Cc1ccccc1. The monoisotopic (exact) mass is 457 g/mol. The van der Waals surface area contributed by atoms with E-state index >= 15 is 0 Å². The average molecular weight is 457 g/mol. The molecule has 0 radical (unpaired) electrons. The smallest absolute Gasteiger partial charge is 0.333 e. The molecule has 0 bridgehead atoms. The number of hydrogen-bond acceptors (Lipinski definition) is 5. The lowest BCUT2D eigenvalue weighted by Crippen LogP contribution is -2.41. The third-order valence-electron chi connectivity index (χ3n) is 5.85. The van der Waals surface area contributed by atoms with E-state index in [1.165, 1.54) is 11.6 Å². The molecule has 0 unspecified atom stereocenters. The fourth-order valence-electron chi connectivity index (χ4n) is 4.07. The Hall–Kier alpha value is -4.40. The summed E-state index contributed by atoms with van der Waals surface area (Å²) in [5.74, 6) is -0.117. The highest BCUT2D eigenvalue weighted by Crippen LogP contribution is 2.18. The van der Waals surface area contributed by atoms with Gasteiger partial charge in [-0.05, 0) is 18.1 Å². The summed E-state index contributed by atoms with van der Waals surface area (Å²) in [6.45, 7) is 2.09. The number of fused-ring (bicyclic) bond motifs is 3. The maximum absolute atomic E-state index is 13.3. The second-order valence-electron chi connectivity index (χ2n) is 8.18.